The van der Waals surface area contributed by atoms with E-state index in [0.717, 1.165) is 0 Å². The van der Waals surface area contributed by atoms with E-state index in [1.165, 1.54) is 44.8 Å². The first-order valence-corrected chi connectivity index (χ1v) is 10.9. The number of hydrogen-bond acceptors (Lipinski definition) is 7. The second-order valence-electron chi connectivity index (χ2n) is 6.34. The van der Waals surface area contributed by atoms with Gasteiger partial charge >= 0.3 is 0 Å². The zero-order valence-corrected chi connectivity index (χ0v) is 16.9. The monoisotopic (exact) mass is 424 g/mol. The number of nitro groups is 1. The van der Waals surface area contributed by atoms with Gasteiger partial charge in [0.05, 0.1) is 11.5 Å². The maximum Gasteiger partial charge on any atom is 0.269 e. The predicted molar refractivity (Wildman–Crippen MR) is 106 cm³/mol. The van der Waals surface area contributed by atoms with Crippen molar-refractivity contribution in [2.24, 2.45) is 0 Å². The van der Waals surface area contributed by atoms with Crippen LogP contribution >= 0.6 is 11.3 Å². The molecule has 0 radical (unpaired) electrons. The maximum absolute atomic E-state index is 12.5. The average Bonchev–Trinajstić information content (AvgIpc) is 3.23. The number of rotatable bonds is 6. The molecule has 0 aliphatic carbocycles. The quantitative estimate of drug-likeness (QED) is 0.516. The van der Waals surface area contributed by atoms with Gasteiger partial charge in [0.25, 0.3) is 15.7 Å². The van der Waals surface area contributed by atoms with Crippen LogP contribution in [0.15, 0.2) is 46.0 Å². The molecule has 1 amide bonds. The number of nitrogens with zero attached hydrogens (tertiary/aromatic N) is 4. The molecule has 0 atom stereocenters. The van der Waals surface area contributed by atoms with Crippen molar-refractivity contribution in [3.63, 3.8) is 0 Å². The average molecular weight is 425 g/mol. The van der Waals surface area contributed by atoms with Crippen LogP contribution in [0.25, 0.3) is 0 Å². The van der Waals surface area contributed by atoms with Crippen molar-refractivity contribution in [2.45, 2.75) is 4.21 Å². The van der Waals surface area contributed by atoms with Crippen LogP contribution in [0.1, 0.15) is 0 Å². The Hall–Kier alpha value is -2.34. The number of carbonyl (C=O) groups is 1. The molecule has 0 bridgehead atoms. The lowest BCUT2D eigenvalue weighted by atomic mass is 10.2. The van der Waals surface area contributed by atoms with Crippen molar-refractivity contribution >= 4 is 38.6 Å². The van der Waals surface area contributed by atoms with Crippen LogP contribution in [0, 0.1) is 10.1 Å². The standard InChI is InChI=1S/C17H20N4O5S2/c1-18(14-4-6-15(7-5-14)21(23)24)16(22)13-19-8-10-20(11-9-19)28(25,26)17-3-2-12-27-17/h2-7,12H,8-11,13H2,1H3. The van der Waals surface area contributed by atoms with Gasteiger partial charge in [-0.2, -0.15) is 4.31 Å². The third kappa shape index (κ3) is 4.38. The first-order valence-electron chi connectivity index (χ1n) is 8.56. The van der Waals surface area contributed by atoms with Gasteiger partial charge in [0.1, 0.15) is 4.21 Å². The van der Waals surface area contributed by atoms with E-state index in [1.54, 1.807) is 24.6 Å². The first kappa shape index (κ1) is 20.4. The molecule has 1 fully saturated rings. The third-order valence-corrected chi connectivity index (χ3v) is 7.87. The number of benzene rings is 1. The minimum absolute atomic E-state index is 0.0346. The highest BCUT2D eigenvalue weighted by Gasteiger charge is 2.30. The molecule has 1 saturated heterocycles. The summed E-state index contributed by atoms with van der Waals surface area (Å²) in [5, 5.41) is 12.5. The van der Waals surface area contributed by atoms with Crippen molar-refractivity contribution < 1.29 is 18.1 Å². The van der Waals surface area contributed by atoms with Gasteiger partial charge in [0.15, 0.2) is 0 Å². The van der Waals surface area contributed by atoms with Gasteiger partial charge in [0, 0.05) is 51.0 Å². The Morgan fingerprint density at radius 2 is 1.82 bits per heavy atom. The minimum Gasteiger partial charge on any atom is -0.314 e. The van der Waals surface area contributed by atoms with Gasteiger partial charge in [-0.3, -0.25) is 19.8 Å². The number of anilines is 1. The Bertz CT molecular complexity index is 936. The zero-order chi connectivity index (χ0) is 20.3. The summed E-state index contributed by atoms with van der Waals surface area (Å²) in [6, 6.07) is 9.07. The number of hydrogen-bond donors (Lipinski definition) is 0. The second-order valence-corrected chi connectivity index (χ2v) is 9.45. The molecule has 11 heteroatoms. The summed E-state index contributed by atoms with van der Waals surface area (Å²) in [5.41, 5.74) is 0.530. The minimum atomic E-state index is -3.47. The van der Waals surface area contributed by atoms with Crippen molar-refractivity contribution in [3.8, 4) is 0 Å². The first-order chi connectivity index (χ1) is 13.3. The van der Waals surface area contributed by atoms with E-state index in [1.807, 2.05) is 4.90 Å². The molecule has 1 aliphatic rings. The Morgan fingerprint density at radius 3 is 2.36 bits per heavy atom. The second kappa shape index (κ2) is 8.35. The van der Waals surface area contributed by atoms with Gasteiger partial charge < -0.3 is 4.90 Å². The van der Waals surface area contributed by atoms with E-state index in [9.17, 15) is 23.3 Å². The zero-order valence-electron chi connectivity index (χ0n) is 15.2. The molecule has 1 aromatic heterocycles. The fourth-order valence-electron chi connectivity index (χ4n) is 2.90. The van der Waals surface area contributed by atoms with Crippen LogP contribution in [-0.4, -0.2) is 68.2 Å². The van der Waals surface area contributed by atoms with E-state index in [0.29, 0.717) is 36.1 Å². The van der Waals surface area contributed by atoms with Gasteiger partial charge in [-0.1, -0.05) is 6.07 Å². The van der Waals surface area contributed by atoms with Crippen molar-refractivity contribution in [3.05, 3.63) is 51.9 Å². The third-order valence-electron chi connectivity index (χ3n) is 4.60. The summed E-state index contributed by atoms with van der Waals surface area (Å²) in [5.74, 6) is -0.164. The molecule has 2 heterocycles. The van der Waals surface area contributed by atoms with Crippen molar-refractivity contribution in [1.29, 1.82) is 0 Å². The fourth-order valence-corrected chi connectivity index (χ4v) is 5.47. The molecule has 150 valence electrons. The molecule has 0 unspecified atom stereocenters. The summed E-state index contributed by atoms with van der Waals surface area (Å²) in [4.78, 5) is 26.1. The Labute approximate surface area is 167 Å². The summed E-state index contributed by atoms with van der Waals surface area (Å²) in [6.07, 6.45) is 0. The Morgan fingerprint density at radius 1 is 1.18 bits per heavy atom. The number of piperazine rings is 1. The lowest BCUT2D eigenvalue weighted by Gasteiger charge is -2.34. The van der Waals surface area contributed by atoms with Crippen LogP contribution in [0.4, 0.5) is 11.4 Å². The summed E-state index contributed by atoms with van der Waals surface area (Å²) in [7, 11) is -1.85. The highest BCUT2D eigenvalue weighted by molar-refractivity contribution is 7.91. The summed E-state index contributed by atoms with van der Waals surface area (Å²) < 4.78 is 26.9. The molecule has 2 aromatic rings. The highest BCUT2D eigenvalue weighted by atomic mass is 32.2. The summed E-state index contributed by atoms with van der Waals surface area (Å²) >= 11 is 1.19. The maximum atomic E-state index is 12.5. The lowest BCUT2D eigenvalue weighted by molar-refractivity contribution is -0.384. The predicted octanol–water partition coefficient (Wildman–Crippen LogP) is 1.63. The van der Waals surface area contributed by atoms with E-state index in [2.05, 4.69) is 0 Å². The topological polar surface area (TPSA) is 104 Å². The highest BCUT2D eigenvalue weighted by Crippen LogP contribution is 2.22. The molecular formula is C17H20N4O5S2. The van der Waals surface area contributed by atoms with Crippen molar-refractivity contribution in [2.75, 3.05) is 44.7 Å². The summed E-state index contributed by atoms with van der Waals surface area (Å²) in [6.45, 7) is 1.73. The number of carbonyl (C=O) groups excluding carboxylic acids is 1. The van der Waals surface area contributed by atoms with Gasteiger partial charge in [0.2, 0.25) is 5.91 Å². The van der Waals surface area contributed by atoms with E-state index in [4.69, 9.17) is 0 Å². The van der Waals surface area contributed by atoms with Crippen LogP contribution in [0.5, 0.6) is 0 Å². The lowest BCUT2D eigenvalue weighted by Crippen LogP contribution is -2.51. The number of non-ortho nitro benzene ring substituents is 1. The fraction of sp³-hybridized carbons (Fsp3) is 0.353. The largest absolute Gasteiger partial charge is 0.314 e. The normalized spacial score (nSPS) is 16.0. The number of amides is 1. The van der Waals surface area contributed by atoms with E-state index >= 15 is 0 Å². The van der Waals surface area contributed by atoms with Crippen LogP contribution in [0.2, 0.25) is 0 Å². The number of likely N-dealkylation sites (N-methyl/N-ethyl adjacent to an activating group) is 1. The molecular weight excluding hydrogens is 404 g/mol. The molecule has 3 rings (SSSR count). The van der Waals surface area contributed by atoms with Crippen molar-refractivity contribution in [1.82, 2.24) is 9.21 Å². The molecule has 1 aliphatic heterocycles. The smallest absolute Gasteiger partial charge is 0.269 e. The SMILES string of the molecule is CN(C(=O)CN1CCN(S(=O)(=O)c2cccs2)CC1)c1ccc([N+](=O)[O-])cc1. The number of sulfonamides is 1. The van der Waals surface area contributed by atoms with E-state index in [-0.39, 0.29) is 18.1 Å². The van der Waals surface area contributed by atoms with Gasteiger partial charge in [-0.25, -0.2) is 8.42 Å². The van der Waals surface area contributed by atoms with Crippen LogP contribution < -0.4 is 4.90 Å². The van der Waals surface area contributed by atoms with Gasteiger partial charge in [-0.05, 0) is 23.6 Å². The Kier molecular flexibility index (Phi) is 6.08. The number of nitro benzene ring substituents is 1. The molecule has 0 saturated carbocycles. The van der Waals surface area contributed by atoms with Crippen LogP contribution in [-0.2, 0) is 14.8 Å². The van der Waals surface area contributed by atoms with E-state index < -0.39 is 14.9 Å². The molecule has 0 N–H and O–H groups in total. The molecule has 28 heavy (non-hydrogen) atoms. The molecule has 1 aromatic carbocycles. The molecule has 0 spiro atoms. The van der Waals surface area contributed by atoms with Crippen LogP contribution in [0.3, 0.4) is 0 Å². The number of thiophene rings is 1. The molecule has 9 nitrogen and oxygen atoms in total. The Balaban J connectivity index is 1.55. The van der Waals surface area contributed by atoms with Gasteiger partial charge in [-0.15, -0.1) is 11.3 Å².